The molecular weight excluding hydrogens is 368 g/mol. The highest BCUT2D eigenvalue weighted by Gasteiger charge is 2.33. The Morgan fingerprint density at radius 1 is 1.24 bits per heavy atom. The van der Waals surface area contributed by atoms with Crippen LogP contribution in [0.3, 0.4) is 0 Å². The van der Waals surface area contributed by atoms with Crippen LogP contribution in [0.25, 0.3) is 11.1 Å². The number of benzene rings is 2. The summed E-state index contributed by atoms with van der Waals surface area (Å²) in [4.78, 5) is 14.7. The molecule has 4 rings (SSSR count). The topological polar surface area (TPSA) is 80.5 Å². The summed E-state index contributed by atoms with van der Waals surface area (Å²) in [6.45, 7) is 5.34. The van der Waals surface area contributed by atoms with Crippen LogP contribution < -0.4 is 4.74 Å². The lowest BCUT2D eigenvalue weighted by Crippen LogP contribution is -2.50. The van der Waals surface area contributed by atoms with Gasteiger partial charge >= 0.3 is 0 Å². The van der Waals surface area contributed by atoms with Gasteiger partial charge in [0.25, 0.3) is 5.91 Å². The van der Waals surface area contributed by atoms with Crippen molar-refractivity contribution in [1.29, 1.82) is 0 Å². The van der Waals surface area contributed by atoms with Crippen molar-refractivity contribution in [2.45, 2.75) is 26.0 Å². The van der Waals surface area contributed by atoms with Gasteiger partial charge in [0.05, 0.1) is 24.9 Å². The third-order valence-corrected chi connectivity index (χ3v) is 5.09. The maximum atomic E-state index is 12.9. The molecule has 29 heavy (non-hydrogen) atoms. The number of aliphatic hydroxyl groups is 1. The Kier molecular flexibility index (Phi) is 5.31. The fourth-order valence-corrected chi connectivity index (χ4v) is 3.44. The minimum Gasteiger partial charge on any atom is -0.493 e. The second kappa shape index (κ2) is 8.05. The first-order valence-corrected chi connectivity index (χ1v) is 9.78. The van der Waals surface area contributed by atoms with Crippen LogP contribution in [0.15, 0.2) is 54.7 Å². The molecule has 7 heteroatoms. The van der Waals surface area contributed by atoms with Crippen LogP contribution in [-0.2, 0) is 0 Å². The van der Waals surface area contributed by atoms with Crippen LogP contribution in [0.4, 0.5) is 0 Å². The van der Waals surface area contributed by atoms with Gasteiger partial charge in [-0.05, 0) is 37.6 Å². The maximum absolute atomic E-state index is 12.9. The highest BCUT2D eigenvalue weighted by Crippen LogP contribution is 2.31. The number of hydrogen-bond donors (Lipinski definition) is 1. The Morgan fingerprint density at radius 3 is 2.76 bits per heavy atom. The number of likely N-dealkylation sites (tertiary alicyclic amines) is 1. The van der Waals surface area contributed by atoms with Crippen molar-refractivity contribution in [1.82, 2.24) is 19.9 Å². The van der Waals surface area contributed by atoms with Gasteiger partial charge in [-0.15, -0.1) is 5.10 Å². The van der Waals surface area contributed by atoms with Crippen LogP contribution in [-0.4, -0.2) is 50.6 Å². The monoisotopic (exact) mass is 392 g/mol. The lowest BCUT2D eigenvalue weighted by molar-refractivity contribution is 0.0498. The molecule has 1 saturated heterocycles. The van der Waals surface area contributed by atoms with Gasteiger partial charge in [0.2, 0.25) is 0 Å². The van der Waals surface area contributed by atoms with Crippen LogP contribution in [0, 0.1) is 0 Å². The van der Waals surface area contributed by atoms with E-state index in [0.29, 0.717) is 31.0 Å². The van der Waals surface area contributed by atoms with Crippen molar-refractivity contribution in [3.63, 3.8) is 0 Å². The van der Waals surface area contributed by atoms with E-state index in [-0.39, 0.29) is 11.9 Å². The molecule has 1 unspecified atom stereocenters. The number of amides is 1. The van der Waals surface area contributed by atoms with Gasteiger partial charge in [0.1, 0.15) is 11.4 Å². The molecule has 0 radical (unpaired) electrons. The van der Waals surface area contributed by atoms with E-state index < -0.39 is 6.10 Å². The van der Waals surface area contributed by atoms with Crippen molar-refractivity contribution in [2.75, 3.05) is 19.7 Å². The summed E-state index contributed by atoms with van der Waals surface area (Å²) in [5.41, 5.74) is 3.11. The lowest BCUT2D eigenvalue weighted by atomic mass is 10.0. The summed E-state index contributed by atoms with van der Waals surface area (Å²) in [5.74, 6) is 0.802. The van der Waals surface area contributed by atoms with E-state index in [1.807, 2.05) is 55.5 Å². The summed E-state index contributed by atoms with van der Waals surface area (Å²) < 4.78 is 7.45. The number of aromatic nitrogens is 3. The van der Waals surface area contributed by atoms with Crippen molar-refractivity contribution in [3.05, 3.63) is 66.0 Å². The predicted molar refractivity (Wildman–Crippen MR) is 109 cm³/mol. The zero-order valence-corrected chi connectivity index (χ0v) is 16.5. The van der Waals surface area contributed by atoms with E-state index in [1.54, 1.807) is 22.7 Å². The minimum absolute atomic E-state index is 0.00661. The third kappa shape index (κ3) is 3.86. The summed E-state index contributed by atoms with van der Waals surface area (Å²) in [6.07, 6.45) is 1.09. The van der Waals surface area contributed by atoms with E-state index in [1.165, 1.54) is 0 Å². The normalized spacial score (nSPS) is 15.1. The van der Waals surface area contributed by atoms with E-state index in [2.05, 4.69) is 10.3 Å². The second-order valence-corrected chi connectivity index (χ2v) is 7.17. The molecule has 150 valence electrons. The van der Waals surface area contributed by atoms with Crippen molar-refractivity contribution in [3.8, 4) is 16.9 Å². The number of carbonyl (C=O) groups is 1. The highest BCUT2D eigenvalue weighted by molar-refractivity contribution is 5.96. The number of para-hydroxylation sites is 1. The Hall–Kier alpha value is -3.19. The predicted octanol–water partition coefficient (Wildman–Crippen LogP) is 3.09. The molecule has 1 aliphatic rings. The van der Waals surface area contributed by atoms with Gasteiger partial charge in [-0.2, -0.15) is 0 Å². The average Bonchev–Trinajstić information content (AvgIpc) is 3.18. The number of ether oxygens (including phenoxy) is 1. The molecule has 3 aromatic rings. The molecule has 1 fully saturated rings. The Balaban J connectivity index is 1.47. The zero-order chi connectivity index (χ0) is 20.4. The first kappa shape index (κ1) is 19.1. The first-order valence-electron chi connectivity index (χ1n) is 9.78. The SMILES string of the molecule is CCOc1ccccc1-c1cccc(C(=O)N2CC(n3cc(C(C)O)nn3)C2)c1. The Labute approximate surface area is 169 Å². The number of aliphatic hydroxyl groups excluding tert-OH is 1. The number of carbonyl (C=O) groups excluding carboxylic acids is 1. The third-order valence-electron chi connectivity index (χ3n) is 5.09. The van der Waals surface area contributed by atoms with E-state index in [0.717, 1.165) is 16.9 Å². The van der Waals surface area contributed by atoms with E-state index >= 15 is 0 Å². The minimum atomic E-state index is -0.649. The molecular formula is C22H24N4O3. The lowest BCUT2D eigenvalue weighted by Gasteiger charge is -2.39. The summed E-state index contributed by atoms with van der Waals surface area (Å²) >= 11 is 0. The smallest absolute Gasteiger partial charge is 0.254 e. The highest BCUT2D eigenvalue weighted by atomic mass is 16.5. The van der Waals surface area contributed by atoms with Crippen LogP contribution in [0.1, 0.15) is 42.0 Å². The molecule has 2 heterocycles. The number of rotatable bonds is 6. The van der Waals surface area contributed by atoms with E-state index in [9.17, 15) is 9.90 Å². The molecule has 1 aromatic heterocycles. The zero-order valence-electron chi connectivity index (χ0n) is 16.5. The van der Waals surface area contributed by atoms with Crippen LogP contribution in [0.5, 0.6) is 5.75 Å². The standard InChI is InChI=1S/C22H24N4O3/c1-3-29-21-10-5-4-9-19(21)16-7-6-8-17(11-16)22(28)25-12-18(13-25)26-14-20(15(2)27)23-24-26/h4-11,14-15,18,27H,3,12-13H2,1-2H3. The summed E-state index contributed by atoms with van der Waals surface area (Å²) in [6, 6.07) is 15.6. The van der Waals surface area contributed by atoms with Gasteiger partial charge in [-0.1, -0.05) is 35.5 Å². The number of nitrogens with zero attached hydrogens (tertiary/aromatic N) is 4. The Bertz CT molecular complexity index is 1010. The maximum Gasteiger partial charge on any atom is 0.254 e. The molecule has 1 aliphatic heterocycles. The van der Waals surface area contributed by atoms with Gasteiger partial charge in [0, 0.05) is 24.2 Å². The Morgan fingerprint density at radius 2 is 2.03 bits per heavy atom. The van der Waals surface area contributed by atoms with Gasteiger partial charge in [0.15, 0.2) is 0 Å². The molecule has 0 bridgehead atoms. The molecule has 0 spiro atoms. The average molecular weight is 392 g/mol. The van der Waals surface area contributed by atoms with Gasteiger partial charge < -0.3 is 14.7 Å². The fraction of sp³-hybridized carbons (Fsp3) is 0.318. The van der Waals surface area contributed by atoms with Crippen molar-refractivity contribution in [2.24, 2.45) is 0 Å². The van der Waals surface area contributed by atoms with E-state index in [4.69, 9.17) is 4.74 Å². The molecule has 7 nitrogen and oxygen atoms in total. The van der Waals surface area contributed by atoms with Crippen LogP contribution >= 0.6 is 0 Å². The molecule has 0 aliphatic carbocycles. The molecule has 1 atom stereocenters. The van der Waals surface area contributed by atoms with Crippen LogP contribution in [0.2, 0.25) is 0 Å². The fourth-order valence-electron chi connectivity index (χ4n) is 3.44. The second-order valence-electron chi connectivity index (χ2n) is 7.17. The van der Waals surface area contributed by atoms with Crippen molar-refractivity contribution < 1.29 is 14.6 Å². The molecule has 2 aromatic carbocycles. The molecule has 0 saturated carbocycles. The first-order chi connectivity index (χ1) is 14.1. The van der Waals surface area contributed by atoms with Gasteiger partial charge in [-0.25, -0.2) is 4.68 Å². The summed E-state index contributed by atoms with van der Waals surface area (Å²) in [5, 5.41) is 17.6. The van der Waals surface area contributed by atoms with Gasteiger partial charge in [-0.3, -0.25) is 4.79 Å². The number of hydrogen-bond acceptors (Lipinski definition) is 5. The quantitative estimate of drug-likeness (QED) is 0.697. The van der Waals surface area contributed by atoms with Crippen molar-refractivity contribution >= 4 is 5.91 Å². The molecule has 1 N–H and O–H groups in total. The largest absolute Gasteiger partial charge is 0.493 e. The summed E-state index contributed by atoms with van der Waals surface area (Å²) in [7, 11) is 0. The molecule has 1 amide bonds.